The lowest BCUT2D eigenvalue weighted by Gasteiger charge is -2.48. The van der Waals surface area contributed by atoms with Crippen LogP contribution in [0, 0.1) is 12.3 Å². The predicted molar refractivity (Wildman–Crippen MR) is 124 cm³/mol. The van der Waals surface area contributed by atoms with Crippen molar-refractivity contribution in [1.29, 1.82) is 0 Å². The van der Waals surface area contributed by atoms with Gasteiger partial charge in [-0.25, -0.2) is 10.1 Å². The van der Waals surface area contributed by atoms with E-state index in [4.69, 9.17) is 0 Å². The summed E-state index contributed by atoms with van der Waals surface area (Å²) in [6.07, 6.45) is 8.27. The monoisotopic (exact) mass is 429 g/mol. The second-order valence-corrected chi connectivity index (χ2v) is 9.05. The van der Waals surface area contributed by atoms with Gasteiger partial charge in [0.05, 0.1) is 17.3 Å². The van der Waals surface area contributed by atoms with E-state index in [9.17, 15) is 9.59 Å². The zero-order valence-electron chi connectivity index (χ0n) is 18.4. The highest BCUT2D eigenvalue weighted by atomic mass is 16.2. The fraction of sp³-hybridized carbons (Fsp3) is 0.360. The number of H-pyrrole nitrogens is 1. The Morgan fingerprint density at radius 1 is 1.25 bits per heavy atom. The third-order valence-corrected chi connectivity index (χ3v) is 7.01. The molecule has 0 radical (unpaired) electrons. The van der Waals surface area contributed by atoms with Crippen LogP contribution in [0.25, 0.3) is 16.4 Å². The molecule has 0 unspecified atom stereocenters. The maximum atomic E-state index is 12.8. The summed E-state index contributed by atoms with van der Waals surface area (Å²) in [5.41, 5.74) is 3.44. The van der Waals surface area contributed by atoms with Gasteiger partial charge < -0.3 is 5.32 Å². The molecule has 0 saturated heterocycles. The number of nitrogens with one attached hydrogen (secondary N) is 2. The molecule has 3 aromatic heterocycles. The molecule has 2 N–H and O–H groups in total. The molecule has 7 heteroatoms. The summed E-state index contributed by atoms with van der Waals surface area (Å²) in [5.74, 6) is -0.0793. The molecule has 0 aliphatic heterocycles. The normalized spacial score (nSPS) is 20.4. The van der Waals surface area contributed by atoms with Gasteiger partial charge in [0.25, 0.3) is 11.5 Å². The molecule has 1 aromatic carbocycles. The number of carbonyl (C=O) groups is 1. The minimum atomic E-state index is -0.150. The summed E-state index contributed by atoms with van der Waals surface area (Å²) in [7, 11) is 0. The van der Waals surface area contributed by atoms with Crippen LogP contribution in [0.1, 0.15) is 54.4 Å². The third kappa shape index (κ3) is 3.57. The van der Waals surface area contributed by atoms with Crippen molar-refractivity contribution in [2.45, 2.75) is 52.0 Å². The van der Waals surface area contributed by atoms with Crippen LogP contribution in [0.3, 0.4) is 0 Å². The molecule has 3 heterocycles. The van der Waals surface area contributed by atoms with Gasteiger partial charge in [-0.05, 0) is 61.8 Å². The number of aromatic nitrogens is 4. The van der Waals surface area contributed by atoms with Crippen molar-refractivity contribution in [3.05, 3.63) is 76.1 Å². The summed E-state index contributed by atoms with van der Waals surface area (Å²) in [4.78, 5) is 29.2. The van der Waals surface area contributed by atoms with Gasteiger partial charge in [0.15, 0.2) is 0 Å². The highest BCUT2D eigenvalue weighted by Crippen LogP contribution is 2.47. The Hall–Kier alpha value is -3.48. The summed E-state index contributed by atoms with van der Waals surface area (Å²) >= 11 is 0. The number of carbonyl (C=O) groups excluding carboxylic acids is 1. The number of rotatable bonds is 6. The second-order valence-electron chi connectivity index (χ2n) is 9.05. The van der Waals surface area contributed by atoms with E-state index in [1.165, 1.54) is 0 Å². The molecule has 5 rings (SSSR count). The number of fused-ring (bicyclic) bond motifs is 2. The van der Waals surface area contributed by atoms with E-state index >= 15 is 0 Å². The standard InChI is InChI=1S/C25H27N5O2/c1-3-25(10-8-20-18-6-4-5-7-19(18)23(31)29-28-20)13-17(14-25)27-24(32)21-15-26-22-12-16(2)9-11-30(21)22/h4-7,9,11-12,15,17H,3,8,10,13-14H2,1-2H3,(H,27,32)(H,29,31). The number of nitrogens with zero attached hydrogens (tertiary/aromatic N) is 3. The fourth-order valence-electron chi connectivity index (χ4n) is 5.01. The molecule has 0 bridgehead atoms. The van der Waals surface area contributed by atoms with E-state index in [0.29, 0.717) is 11.1 Å². The lowest BCUT2D eigenvalue weighted by Crippen LogP contribution is -2.51. The first-order valence-electron chi connectivity index (χ1n) is 11.2. The Balaban J connectivity index is 1.24. The SMILES string of the molecule is CCC1(CCc2n[nH]c(=O)c3ccccc23)CC(NC(=O)c2cnc3cc(C)ccn23)C1. The average molecular weight is 430 g/mol. The van der Waals surface area contributed by atoms with Crippen molar-refractivity contribution in [3.63, 3.8) is 0 Å². The number of aryl methyl sites for hydroxylation is 2. The number of imidazole rings is 1. The van der Waals surface area contributed by atoms with E-state index in [0.717, 1.165) is 54.4 Å². The van der Waals surface area contributed by atoms with Crippen LogP contribution < -0.4 is 10.9 Å². The largest absolute Gasteiger partial charge is 0.348 e. The molecule has 1 aliphatic carbocycles. The van der Waals surface area contributed by atoms with E-state index in [-0.39, 0.29) is 22.9 Å². The van der Waals surface area contributed by atoms with E-state index in [2.05, 4.69) is 27.4 Å². The van der Waals surface area contributed by atoms with E-state index in [1.54, 1.807) is 6.20 Å². The lowest BCUT2D eigenvalue weighted by atomic mass is 9.61. The molecule has 1 amide bonds. The van der Waals surface area contributed by atoms with Gasteiger partial charge in [-0.1, -0.05) is 31.5 Å². The van der Waals surface area contributed by atoms with Crippen molar-refractivity contribution in [2.75, 3.05) is 0 Å². The van der Waals surface area contributed by atoms with Crippen LogP contribution in [0.4, 0.5) is 0 Å². The smallest absolute Gasteiger partial charge is 0.272 e. The molecule has 7 nitrogen and oxygen atoms in total. The first-order chi connectivity index (χ1) is 15.5. The Kier molecular flexibility index (Phi) is 5.04. The number of benzene rings is 1. The number of aromatic amines is 1. The highest BCUT2D eigenvalue weighted by Gasteiger charge is 2.43. The summed E-state index contributed by atoms with van der Waals surface area (Å²) in [5, 5.41) is 11.8. The highest BCUT2D eigenvalue weighted by molar-refractivity contribution is 5.93. The van der Waals surface area contributed by atoms with Crippen LogP contribution in [-0.4, -0.2) is 31.5 Å². The minimum Gasteiger partial charge on any atom is -0.348 e. The summed E-state index contributed by atoms with van der Waals surface area (Å²) in [6.45, 7) is 4.22. The van der Waals surface area contributed by atoms with Crippen LogP contribution in [-0.2, 0) is 6.42 Å². The van der Waals surface area contributed by atoms with Gasteiger partial charge in [0, 0.05) is 17.6 Å². The Bertz CT molecular complexity index is 1360. The Morgan fingerprint density at radius 2 is 2.03 bits per heavy atom. The maximum Gasteiger partial charge on any atom is 0.272 e. The van der Waals surface area contributed by atoms with Crippen molar-refractivity contribution in [2.24, 2.45) is 5.41 Å². The molecular formula is C25H27N5O2. The van der Waals surface area contributed by atoms with Crippen molar-refractivity contribution < 1.29 is 4.79 Å². The molecule has 4 aromatic rings. The predicted octanol–water partition coefficient (Wildman–Crippen LogP) is 3.80. The maximum absolute atomic E-state index is 12.8. The molecule has 1 fully saturated rings. The molecule has 0 atom stereocenters. The Labute approximate surface area is 185 Å². The molecule has 164 valence electrons. The van der Waals surface area contributed by atoms with Gasteiger partial charge in [-0.2, -0.15) is 5.10 Å². The zero-order valence-corrected chi connectivity index (χ0v) is 18.4. The van der Waals surface area contributed by atoms with Gasteiger partial charge in [0.1, 0.15) is 11.3 Å². The number of hydrogen-bond acceptors (Lipinski definition) is 4. The van der Waals surface area contributed by atoms with Crippen molar-refractivity contribution >= 4 is 22.3 Å². The quantitative estimate of drug-likeness (QED) is 0.488. The van der Waals surface area contributed by atoms with Gasteiger partial charge in [0.2, 0.25) is 0 Å². The fourth-order valence-corrected chi connectivity index (χ4v) is 5.01. The lowest BCUT2D eigenvalue weighted by molar-refractivity contribution is 0.0568. The number of amides is 1. The molecule has 1 saturated carbocycles. The van der Waals surface area contributed by atoms with Crippen molar-refractivity contribution in [1.82, 2.24) is 24.9 Å². The molecular weight excluding hydrogens is 402 g/mol. The van der Waals surface area contributed by atoms with Crippen LogP contribution >= 0.6 is 0 Å². The second kappa shape index (κ2) is 7.89. The average Bonchev–Trinajstić information content (AvgIpc) is 3.19. The number of hydrogen-bond donors (Lipinski definition) is 2. The van der Waals surface area contributed by atoms with Crippen LogP contribution in [0.15, 0.2) is 53.6 Å². The van der Waals surface area contributed by atoms with E-state index in [1.807, 2.05) is 53.9 Å². The van der Waals surface area contributed by atoms with Gasteiger partial charge in [-0.15, -0.1) is 0 Å². The topological polar surface area (TPSA) is 92.1 Å². The number of pyridine rings is 1. The molecule has 0 spiro atoms. The van der Waals surface area contributed by atoms with Crippen molar-refractivity contribution in [3.8, 4) is 0 Å². The zero-order chi connectivity index (χ0) is 22.3. The molecule has 32 heavy (non-hydrogen) atoms. The van der Waals surface area contributed by atoms with E-state index < -0.39 is 0 Å². The van der Waals surface area contributed by atoms with Gasteiger partial charge in [-0.3, -0.25) is 14.0 Å². The minimum absolute atomic E-state index is 0.0793. The summed E-state index contributed by atoms with van der Waals surface area (Å²) < 4.78 is 1.83. The molecule has 1 aliphatic rings. The summed E-state index contributed by atoms with van der Waals surface area (Å²) in [6, 6.07) is 11.7. The first-order valence-corrected chi connectivity index (χ1v) is 11.2. The van der Waals surface area contributed by atoms with Gasteiger partial charge >= 0.3 is 0 Å². The Morgan fingerprint density at radius 3 is 2.81 bits per heavy atom. The van der Waals surface area contributed by atoms with Crippen LogP contribution in [0.5, 0.6) is 0 Å². The van der Waals surface area contributed by atoms with Crippen LogP contribution in [0.2, 0.25) is 0 Å². The third-order valence-electron chi connectivity index (χ3n) is 7.01. The first kappa shape index (κ1) is 20.4.